The molecule has 134 valence electrons. The fourth-order valence-electron chi connectivity index (χ4n) is 2.25. The minimum atomic E-state index is -0.709. The van der Waals surface area contributed by atoms with Gasteiger partial charge in [0.1, 0.15) is 12.3 Å². The lowest BCUT2D eigenvalue weighted by Crippen LogP contribution is -2.41. The van der Waals surface area contributed by atoms with Crippen LogP contribution in [0.15, 0.2) is 46.1 Å². The third kappa shape index (κ3) is 4.04. The summed E-state index contributed by atoms with van der Waals surface area (Å²) < 4.78 is 6.12. The maximum absolute atomic E-state index is 12.4. The maximum Gasteiger partial charge on any atom is 0.321 e. The van der Waals surface area contributed by atoms with Crippen molar-refractivity contribution in [3.8, 4) is 0 Å². The summed E-state index contributed by atoms with van der Waals surface area (Å²) in [6, 6.07) is 5.54. The van der Waals surface area contributed by atoms with Gasteiger partial charge in [0.2, 0.25) is 5.91 Å². The molecule has 2 heterocycles. The van der Waals surface area contributed by atoms with Gasteiger partial charge >= 0.3 is 6.03 Å². The molecule has 26 heavy (non-hydrogen) atoms. The number of rotatable bonds is 4. The van der Waals surface area contributed by atoms with Crippen LogP contribution in [0, 0.1) is 0 Å². The summed E-state index contributed by atoms with van der Waals surface area (Å²) in [6.45, 7) is -0.263. The van der Waals surface area contributed by atoms with Crippen LogP contribution in [0.2, 0.25) is 10.0 Å². The van der Waals surface area contributed by atoms with Gasteiger partial charge in [0.25, 0.3) is 5.56 Å². The molecule has 3 rings (SSSR count). The summed E-state index contributed by atoms with van der Waals surface area (Å²) in [6.07, 6.45) is 2.66. The number of nitrogens with zero attached hydrogens (tertiary/aromatic N) is 2. The first-order valence-electron chi connectivity index (χ1n) is 7.38. The Morgan fingerprint density at radius 1 is 1.27 bits per heavy atom. The van der Waals surface area contributed by atoms with Gasteiger partial charge in [-0.25, -0.2) is 9.78 Å². The highest BCUT2D eigenvalue weighted by Gasteiger charge is 2.13. The van der Waals surface area contributed by atoms with Gasteiger partial charge in [-0.2, -0.15) is 0 Å². The molecule has 0 spiro atoms. The Morgan fingerprint density at radius 3 is 2.81 bits per heavy atom. The summed E-state index contributed by atoms with van der Waals surface area (Å²) in [4.78, 5) is 40.2. The Balaban J connectivity index is 1.68. The molecule has 0 fully saturated rings. The first kappa shape index (κ1) is 18.0. The second-order valence-electron chi connectivity index (χ2n) is 5.27. The van der Waals surface area contributed by atoms with Gasteiger partial charge < -0.3 is 9.73 Å². The lowest BCUT2D eigenvalue weighted by Gasteiger charge is -2.08. The number of amides is 3. The minimum Gasteiger partial charge on any atom is -0.467 e. The predicted molar refractivity (Wildman–Crippen MR) is 95.1 cm³/mol. The molecule has 2 N–H and O–H groups in total. The van der Waals surface area contributed by atoms with Gasteiger partial charge in [-0.3, -0.25) is 19.5 Å². The molecule has 0 aliphatic rings. The third-order valence-electron chi connectivity index (χ3n) is 3.42. The van der Waals surface area contributed by atoms with Crippen molar-refractivity contribution in [3.05, 3.63) is 63.0 Å². The number of carbonyl (C=O) groups is 2. The largest absolute Gasteiger partial charge is 0.467 e. The number of urea groups is 1. The first-order valence-corrected chi connectivity index (χ1v) is 8.14. The van der Waals surface area contributed by atoms with Crippen LogP contribution in [0.5, 0.6) is 0 Å². The van der Waals surface area contributed by atoms with E-state index < -0.39 is 17.5 Å². The molecule has 1 aromatic carbocycles. The van der Waals surface area contributed by atoms with Crippen molar-refractivity contribution in [1.29, 1.82) is 0 Å². The van der Waals surface area contributed by atoms with E-state index in [4.69, 9.17) is 27.6 Å². The van der Waals surface area contributed by atoms with E-state index in [1.165, 1.54) is 24.7 Å². The third-order valence-corrected chi connectivity index (χ3v) is 3.92. The first-order chi connectivity index (χ1) is 12.4. The Morgan fingerprint density at radius 2 is 2.08 bits per heavy atom. The number of benzene rings is 1. The van der Waals surface area contributed by atoms with E-state index >= 15 is 0 Å². The van der Waals surface area contributed by atoms with Gasteiger partial charge in [0.15, 0.2) is 0 Å². The summed E-state index contributed by atoms with van der Waals surface area (Å²) in [7, 11) is 0. The van der Waals surface area contributed by atoms with Crippen molar-refractivity contribution in [2.75, 3.05) is 0 Å². The molecule has 0 aliphatic carbocycles. The van der Waals surface area contributed by atoms with E-state index in [1.54, 1.807) is 12.1 Å². The molecule has 10 heteroatoms. The highest BCUT2D eigenvalue weighted by atomic mass is 35.5. The van der Waals surface area contributed by atoms with Crippen LogP contribution in [-0.2, 0) is 17.9 Å². The lowest BCUT2D eigenvalue weighted by atomic mass is 10.2. The molecule has 0 saturated heterocycles. The van der Waals surface area contributed by atoms with Crippen LogP contribution in [0.3, 0.4) is 0 Å². The van der Waals surface area contributed by atoms with Crippen LogP contribution in [0.25, 0.3) is 10.9 Å². The molecule has 0 radical (unpaired) electrons. The Bertz CT molecular complexity index is 1030. The molecule has 0 saturated carbocycles. The van der Waals surface area contributed by atoms with Crippen LogP contribution in [0.1, 0.15) is 5.76 Å². The minimum absolute atomic E-state index is 0.126. The number of fused-ring (bicyclic) bond motifs is 1. The normalized spacial score (nSPS) is 10.7. The Hall–Kier alpha value is -2.84. The Kier molecular flexibility index (Phi) is 5.24. The lowest BCUT2D eigenvalue weighted by molar-refractivity contribution is -0.120. The average molecular weight is 395 g/mol. The maximum atomic E-state index is 12.4. The fourth-order valence-corrected chi connectivity index (χ4v) is 2.80. The predicted octanol–water partition coefficient (Wildman–Crippen LogP) is 2.32. The SMILES string of the molecule is O=C(Cn1cnc2c(Cl)cc(Cl)cc2c1=O)NC(=O)NCc1ccco1. The highest BCUT2D eigenvalue weighted by molar-refractivity contribution is 6.38. The molecule has 0 aliphatic heterocycles. The zero-order valence-corrected chi connectivity index (χ0v) is 14.7. The molecule has 2 aromatic heterocycles. The molecule has 0 bridgehead atoms. The van der Waals surface area contributed by atoms with E-state index in [0.29, 0.717) is 5.76 Å². The molecular formula is C16H12Cl2N4O4. The number of carbonyl (C=O) groups excluding carboxylic acids is 2. The number of hydrogen-bond acceptors (Lipinski definition) is 5. The second-order valence-corrected chi connectivity index (χ2v) is 6.12. The van der Waals surface area contributed by atoms with E-state index in [2.05, 4.69) is 15.6 Å². The molecule has 3 amide bonds. The summed E-state index contributed by atoms with van der Waals surface area (Å²) in [5.74, 6) is -0.144. The van der Waals surface area contributed by atoms with E-state index in [1.807, 2.05) is 0 Å². The zero-order valence-electron chi connectivity index (χ0n) is 13.2. The van der Waals surface area contributed by atoms with Gasteiger partial charge in [-0.05, 0) is 24.3 Å². The second kappa shape index (κ2) is 7.59. The van der Waals surface area contributed by atoms with Crippen LogP contribution in [0.4, 0.5) is 4.79 Å². The number of hydrogen-bond donors (Lipinski definition) is 2. The molecule has 8 nitrogen and oxygen atoms in total. The van der Waals surface area contributed by atoms with Crippen molar-refractivity contribution < 1.29 is 14.0 Å². The van der Waals surface area contributed by atoms with Crippen molar-refractivity contribution in [2.24, 2.45) is 0 Å². The van der Waals surface area contributed by atoms with E-state index in [-0.39, 0.29) is 34.0 Å². The fraction of sp³-hybridized carbons (Fsp3) is 0.125. The molecule has 0 unspecified atom stereocenters. The topological polar surface area (TPSA) is 106 Å². The van der Waals surface area contributed by atoms with Crippen molar-refractivity contribution in [3.63, 3.8) is 0 Å². The highest BCUT2D eigenvalue weighted by Crippen LogP contribution is 2.23. The Labute approximate surface area is 156 Å². The zero-order chi connectivity index (χ0) is 18.7. The van der Waals surface area contributed by atoms with E-state index in [9.17, 15) is 14.4 Å². The summed E-state index contributed by atoms with van der Waals surface area (Å²) in [5.41, 5.74) is -0.209. The molecular weight excluding hydrogens is 383 g/mol. The van der Waals surface area contributed by atoms with Crippen LogP contribution >= 0.6 is 23.2 Å². The van der Waals surface area contributed by atoms with Gasteiger partial charge in [-0.1, -0.05) is 23.2 Å². The number of halogens is 2. The van der Waals surface area contributed by atoms with Gasteiger partial charge in [-0.15, -0.1) is 0 Å². The molecule has 0 atom stereocenters. The quantitative estimate of drug-likeness (QED) is 0.705. The molecule has 3 aromatic rings. The smallest absolute Gasteiger partial charge is 0.321 e. The van der Waals surface area contributed by atoms with Crippen LogP contribution < -0.4 is 16.2 Å². The number of furan rings is 1. The van der Waals surface area contributed by atoms with E-state index in [0.717, 1.165) is 4.57 Å². The average Bonchev–Trinajstić information content (AvgIpc) is 3.09. The summed E-state index contributed by atoms with van der Waals surface area (Å²) in [5, 5.41) is 5.27. The number of aromatic nitrogens is 2. The van der Waals surface area contributed by atoms with Crippen molar-refractivity contribution in [1.82, 2.24) is 20.2 Å². The van der Waals surface area contributed by atoms with Gasteiger partial charge in [0.05, 0.1) is 35.1 Å². The van der Waals surface area contributed by atoms with Crippen LogP contribution in [-0.4, -0.2) is 21.5 Å². The standard InChI is InChI=1S/C16H12Cl2N4O4/c17-9-4-11-14(12(18)5-9)20-8-22(15(11)24)7-13(23)21-16(25)19-6-10-2-1-3-26-10/h1-5,8H,6-7H2,(H2,19,21,23,25). The van der Waals surface area contributed by atoms with Crippen molar-refractivity contribution >= 4 is 46.0 Å². The summed E-state index contributed by atoms with van der Waals surface area (Å²) >= 11 is 11.9. The monoisotopic (exact) mass is 394 g/mol. The number of imide groups is 1. The number of nitrogens with one attached hydrogen (secondary N) is 2. The van der Waals surface area contributed by atoms with Gasteiger partial charge in [0, 0.05) is 5.02 Å². The van der Waals surface area contributed by atoms with Crippen molar-refractivity contribution in [2.45, 2.75) is 13.1 Å².